The van der Waals surface area contributed by atoms with Gasteiger partial charge in [0.1, 0.15) is 6.61 Å². The third kappa shape index (κ3) is 4.73. The normalized spacial score (nSPS) is 10.9. The molecule has 0 atom stereocenters. The molecule has 0 heterocycles. The largest absolute Gasteiger partial charge is 0.493 e. The number of para-hydroxylation sites is 1. The molecule has 26 heavy (non-hydrogen) atoms. The number of halogens is 1. The predicted octanol–water partition coefficient (Wildman–Crippen LogP) is 6.10. The van der Waals surface area contributed by atoms with Crippen LogP contribution in [0.1, 0.15) is 16.7 Å². The second-order valence-electron chi connectivity index (χ2n) is 5.90. The highest BCUT2D eigenvalue weighted by atomic mass is 79.9. The van der Waals surface area contributed by atoms with Crippen molar-refractivity contribution in [3.8, 4) is 11.5 Å². The maximum Gasteiger partial charge on any atom is 0.175 e. The zero-order valence-electron chi connectivity index (χ0n) is 14.8. The molecule has 0 N–H and O–H groups in total. The van der Waals surface area contributed by atoms with E-state index in [1.165, 1.54) is 5.56 Å². The summed E-state index contributed by atoms with van der Waals surface area (Å²) in [5.41, 5.74) is 4.18. The van der Waals surface area contributed by atoms with Crippen molar-refractivity contribution in [2.24, 2.45) is 4.99 Å². The lowest BCUT2D eigenvalue weighted by atomic mass is 10.1. The van der Waals surface area contributed by atoms with E-state index >= 15 is 0 Å². The van der Waals surface area contributed by atoms with Crippen molar-refractivity contribution in [3.63, 3.8) is 0 Å². The average Bonchev–Trinajstić information content (AvgIpc) is 2.67. The molecule has 0 saturated heterocycles. The molecule has 0 bridgehead atoms. The van der Waals surface area contributed by atoms with E-state index in [2.05, 4.69) is 52.1 Å². The lowest BCUT2D eigenvalue weighted by Gasteiger charge is -2.13. The maximum atomic E-state index is 5.99. The van der Waals surface area contributed by atoms with Crippen molar-refractivity contribution in [3.05, 3.63) is 87.9 Å². The molecule has 0 aromatic heterocycles. The van der Waals surface area contributed by atoms with E-state index in [1.807, 2.05) is 48.7 Å². The number of aryl methyl sites for hydroxylation is 1. The third-order valence-corrected chi connectivity index (χ3v) is 4.46. The number of hydrogen-bond donors (Lipinski definition) is 0. The first kappa shape index (κ1) is 18.2. The van der Waals surface area contributed by atoms with Gasteiger partial charge in [0.05, 0.1) is 17.3 Å². The van der Waals surface area contributed by atoms with E-state index in [9.17, 15) is 0 Å². The Morgan fingerprint density at radius 2 is 1.73 bits per heavy atom. The number of methoxy groups -OCH3 is 1. The summed E-state index contributed by atoms with van der Waals surface area (Å²) >= 11 is 3.58. The summed E-state index contributed by atoms with van der Waals surface area (Å²) in [6.45, 7) is 2.55. The topological polar surface area (TPSA) is 30.8 Å². The molecule has 0 saturated carbocycles. The third-order valence-electron chi connectivity index (χ3n) is 3.87. The van der Waals surface area contributed by atoms with Gasteiger partial charge in [0, 0.05) is 6.21 Å². The van der Waals surface area contributed by atoms with E-state index in [0.717, 1.165) is 21.3 Å². The Hall–Kier alpha value is -2.59. The van der Waals surface area contributed by atoms with Crippen LogP contribution in [-0.4, -0.2) is 13.3 Å². The molecule has 0 aliphatic carbocycles. The highest BCUT2D eigenvalue weighted by Crippen LogP contribution is 2.37. The molecule has 0 spiro atoms. The molecule has 3 aromatic rings. The van der Waals surface area contributed by atoms with Crippen LogP contribution in [0, 0.1) is 6.92 Å². The number of nitrogens with zero attached hydrogens (tertiary/aromatic N) is 1. The van der Waals surface area contributed by atoms with Crippen LogP contribution in [0.15, 0.2) is 76.2 Å². The van der Waals surface area contributed by atoms with Crippen LogP contribution in [0.3, 0.4) is 0 Å². The summed E-state index contributed by atoms with van der Waals surface area (Å²) in [7, 11) is 1.64. The van der Waals surface area contributed by atoms with E-state index < -0.39 is 0 Å². The van der Waals surface area contributed by atoms with E-state index in [1.54, 1.807) is 7.11 Å². The minimum atomic E-state index is 0.479. The number of hydrogen-bond acceptors (Lipinski definition) is 3. The molecule has 3 aromatic carbocycles. The van der Waals surface area contributed by atoms with Gasteiger partial charge in [-0.1, -0.05) is 48.0 Å². The zero-order valence-corrected chi connectivity index (χ0v) is 16.4. The molecule has 0 radical (unpaired) electrons. The van der Waals surface area contributed by atoms with Crippen LogP contribution in [0.5, 0.6) is 11.5 Å². The Kier molecular flexibility index (Phi) is 6.08. The lowest BCUT2D eigenvalue weighted by Crippen LogP contribution is -1.99. The quantitative estimate of drug-likeness (QED) is 0.460. The fourth-order valence-corrected chi connectivity index (χ4v) is 3.03. The van der Waals surface area contributed by atoms with Gasteiger partial charge in [-0.2, -0.15) is 0 Å². The molecule has 0 amide bonds. The summed E-state index contributed by atoms with van der Waals surface area (Å²) in [4.78, 5) is 4.48. The highest BCUT2D eigenvalue weighted by Gasteiger charge is 2.11. The number of benzene rings is 3. The van der Waals surface area contributed by atoms with Crippen LogP contribution in [0.2, 0.25) is 0 Å². The Labute approximate surface area is 162 Å². The summed E-state index contributed by atoms with van der Waals surface area (Å²) < 4.78 is 12.3. The Morgan fingerprint density at radius 3 is 2.42 bits per heavy atom. The van der Waals surface area contributed by atoms with Crippen LogP contribution >= 0.6 is 15.9 Å². The molecule has 132 valence electrons. The molecule has 4 heteroatoms. The van der Waals surface area contributed by atoms with Gasteiger partial charge < -0.3 is 9.47 Å². The molecular weight excluding hydrogens is 390 g/mol. The van der Waals surface area contributed by atoms with Gasteiger partial charge in [0.25, 0.3) is 0 Å². The standard InChI is InChI=1S/C22H20BrNO2/c1-16-8-10-17(11-9-16)15-26-22-20(23)12-18(13-21(22)25-2)14-24-19-6-4-3-5-7-19/h3-14H,15H2,1-2H3. The number of rotatable bonds is 6. The van der Waals surface area contributed by atoms with Gasteiger partial charge >= 0.3 is 0 Å². The first-order valence-corrected chi connectivity index (χ1v) is 9.10. The van der Waals surface area contributed by atoms with E-state index in [-0.39, 0.29) is 0 Å². The minimum Gasteiger partial charge on any atom is -0.493 e. The predicted molar refractivity (Wildman–Crippen MR) is 110 cm³/mol. The van der Waals surface area contributed by atoms with Crippen molar-refractivity contribution >= 4 is 27.8 Å². The van der Waals surface area contributed by atoms with Gasteiger partial charge in [-0.05, 0) is 58.2 Å². The molecule has 3 nitrogen and oxygen atoms in total. The van der Waals surface area contributed by atoms with Gasteiger partial charge in [-0.25, -0.2) is 0 Å². The molecule has 0 unspecified atom stereocenters. The first-order valence-electron chi connectivity index (χ1n) is 8.30. The fourth-order valence-electron chi connectivity index (χ4n) is 2.46. The monoisotopic (exact) mass is 409 g/mol. The van der Waals surface area contributed by atoms with Crippen LogP contribution < -0.4 is 9.47 Å². The molecule has 0 fully saturated rings. The smallest absolute Gasteiger partial charge is 0.175 e. The van der Waals surface area contributed by atoms with Crippen LogP contribution in [0.25, 0.3) is 0 Å². The number of aliphatic imine (C=N–C) groups is 1. The van der Waals surface area contributed by atoms with Crippen molar-refractivity contribution in [2.75, 3.05) is 7.11 Å². The second-order valence-corrected chi connectivity index (χ2v) is 6.76. The first-order chi connectivity index (χ1) is 12.7. The van der Waals surface area contributed by atoms with Crippen molar-refractivity contribution < 1.29 is 9.47 Å². The van der Waals surface area contributed by atoms with E-state index in [4.69, 9.17) is 9.47 Å². The zero-order chi connectivity index (χ0) is 18.4. The molecule has 0 aliphatic heterocycles. The SMILES string of the molecule is COc1cc(C=Nc2ccccc2)cc(Br)c1OCc1ccc(C)cc1. The minimum absolute atomic E-state index is 0.479. The van der Waals surface area contributed by atoms with Crippen molar-refractivity contribution in [2.45, 2.75) is 13.5 Å². The molecular formula is C22H20BrNO2. The van der Waals surface area contributed by atoms with Crippen molar-refractivity contribution in [1.29, 1.82) is 0 Å². The van der Waals surface area contributed by atoms with Gasteiger partial charge in [0.15, 0.2) is 11.5 Å². The van der Waals surface area contributed by atoms with Crippen molar-refractivity contribution in [1.82, 2.24) is 0 Å². The fraction of sp³-hybridized carbons (Fsp3) is 0.136. The summed E-state index contributed by atoms with van der Waals surface area (Å²) in [6.07, 6.45) is 1.81. The van der Waals surface area contributed by atoms with Crippen LogP contribution in [-0.2, 0) is 6.61 Å². The van der Waals surface area contributed by atoms with E-state index in [0.29, 0.717) is 18.1 Å². The molecule has 0 aliphatic rings. The summed E-state index contributed by atoms with van der Waals surface area (Å²) in [6, 6.07) is 22.0. The Bertz CT molecular complexity index is 890. The van der Waals surface area contributed by atoms with Gasteiger partial charge in [0.2, 0.25) is 0 Å². The van der Waals surface area contributed by atoms with Crippen LogP contribution in [0.4, 0.5) is 5.69 Å². The molecule has 3 rings (SSSR count). The Morgan fingerprint density at radius 1 is 1.00 bits per heavy atom. The van der Waals surface area contributed by atoms with Gasteiger partial charge in [-0.3, -0.25) is 4.99 Å². The summed E-state index contributed by atoms with van der Waals surface area (Å²) in [5, 5.41) is 0. The number of ether oxygens (including phenoxy) is 2. The van der Waals surface area contributed by atoms with Gasteiger partial charge in [-0.15, -0.1) is 0 Å². The summed E-state index contributed by atoms with van der Waals surface area (Å²) in [5.74, 6) is 1.35. The lowest BCUT2D eigenvalue weighted by molar-refractivity contribution is 0.282. The Balaban J connectivity index is 1.78. The maximum absolute atomic E-state index is 5.99. The average molecular weight is 410 g/mol. The highest BCUT2D eigenvalue weighted by molar-refractivity contribution is 9.10. The second kappa shape index (κ2) is 8.68.